The number of carbonyl (C=O) groups is 2. The number of hydrogen-bond donors (Lipinski definition) is 0. The Morgan fingerprint density at radius 2 is 1.21 bits per heavy atom. The molecular formula is C15H28O4. The fourth-order valence-electron chi connectivity index (χ4n) is 1.38. The van der Waals surface area contributed by atoms with Gasteiger partial charge in [0.1, 0.15) is 6.42 Å². The molecule has 0 aliphatic carbocycles. The van der Waals surface area contributed by atoms with Crippen LogP contribution in [0.2, 0.25) is 0 Å². The number of esters is 2. The van der Waals surface area contributed by atoms with Gasteiger partial charge in [0.15, 0.2) is 0 Å². The highest BCUT2D eigenvalue weighted by Gasteiger charge is 2.12. The van der Waals surface area contributed by atoms with Gasteiger partial charge < -0.3 is 9.47 Å². The zero-order valence-corrected chi connectivity index (χ0v) is 12.7. The Morgan fingerprint density at radius 1 is 0.842 bits per heavy atom. The van der Waals surface area contributed by atoms with Crippen molar-refractivity contribution < 1.29 is 19.1 Å². The molecule has 0 aromatic rings. The van der Waals surface area contributed by atoms with Crippen LogP contribution in [0.5, 0.6) is 0 Å². The first-order valence-electron chi connectivity index (χ1n) is 7.30. The first-order chi connectivity index (χ1) is 8.99. The summed E-state index contributed by atoms with van der Waals surface area (Å²) < 4.78 is 9.99. The van der Waals surface area contributed by atoms with E-state index in [4.69, 9.17) is 9.47 Å². The monoisotopic (exact) mass is 272 g/mol. The highest BCUT2D eigenvalue weighted by Crippen LogP contribution is 2.07. The predicted octanol–water partition coefficient (Wildman–Crippen LogP) is 3.34. The van der Waals surface area contributed by atoms with Crippen LogP contribution in [-0.4, -0.2) is 25.2 Å². The third kappa shape index (κ3) is 10.5. The zero-order chi connectivity index (χ0) is 14.7. The van der Waals surface area contributed by atoms with Crippen molar-refractivity contribution in [2.45, 2.75) is 59.8 Å². The lowest BCUT2D eigenvalue weighted by Crippen LogP contribution is -2.16. The van der Waals surface area contributed by atoms with E-state index in [-0.39, 0.29) is 6.42 Å². The van der Waals surface area contributed by atoms with E-state index in [2.05, 4.69) is 27.7 Å². The topological polar surface area (TPSA) is 52.6 Å². The SMILES string of the molecule is CCC(C)CCOC(=O)CC(=O)OCCC(C)CC. The summed E-state index contributed by atoms with van der Waals surface area (Å²) in [5, 5.41) is 0. The van der Waals surface area contributed by atoms with E-state index in [1.165, 1.54) is 0 Å². The largest absolute Gasteiger partial charge is 0.465 e. The average molecular weight is 272 g/mol. The van der Waals surface area contributed by atoms with E-state index in [1.807, 2.05) is 0 Å². The lowest BCUT2D eigenvalue weighted by Gasteiger charge is -2.10. The number of carbonyl (C=O) groups excluding carboxylic acids is 2. The molecule has 0 saturated heterocycles. The third-order valence-corrected chi connectivity index (χ3v) is 3.43. The lowest BCUT2D eigenvalue weighted by atomic mass is 10.1. The van der Waals surface area contributed by atoms with Crippen LogP contribution in [-0.2, 0) is 19.1 Å². The van der Waals surface area contributed by atoms with E-state index in [0.717, 1.165) is 25.7 Å². The van der Waals surface area contributed by atoms with Crippen molar-refractivity contribution in [2.24, 2.45) is 11.8 Å². The van der Waals surface area contributed by atoms with E-state index in [0.29, 0.717) is 25.0 Å². The van der Waals surface area contributed by atoms with Crippen molar-refractivity contribution >= 4 is 11.9 Å². The van der Waals surface area contributed by atoms with Gasteiger partial charge in [-0.2, -0.15) is 0 Å². The van der Waals surface area contributed by atoms with Gasteiger partial charge in [-0.05, 0) is 24.7 Å². The molecule has 112 valence electrons. The van der Waals surface area contributed by atoms with Gasteiger partial charge in [0.25, 0.3) is 0 Å². The van der Waals surface area contributed by atoms with E-state index in [9.17, 15) is 9.59 Å². The van der Waals surface area contributed by atoms with E-state index >= 15 is 0 Å². The Bertz CT molecular complexity index is 237. The minimum atomic E-state index is -0.489. The van der Waals surface area contributed by atoms with Crippen LogP contribution >= 0.6 is 0 Å². The van der Waals surface area contributed by atoms with Gasteiger partial charge in [-0.3, -0.25) is 9.59 Å². The zero-order valence-electron chi connectivity index (χ0n) is 12.7. The quantitative estimate of drug-likeness (QED) is 0.452. The summed E-state index contributed by atoms with van der Waals surface area (Å²) in [5.41, 5.74) is 0. The molecule has 4 heteroatoms. The second-order valence-electron chi connectivity index (χ2n) is 5.22. The van der Waals surface area contributed by atoms with Gasteiger partial charge in [-0.15, -0.1) is 0 Å². The first kappa shape index (κ1) is 17.9. The summed E-state index contributed by atoms with van der Waals surface area (Å²) in [5.74, 6) is 0.0965. The average Bonchev–Trinajstić information content (AvgIpc) is 2.37. The van der Waals surface area contributed by atoms with Crippen molar-refractivity contribution in [1.82, 2.24) is 0 Å². The molecule has 4 nitrogen and oxygen atoms in total. The van der Waals surface area contributed by atoms with Gasteiger partial charge >= 0.3 is 11.9 Å². The standard InChI is InChI=1S/C15H28O4/c1-5-12(3)7-9-18-14(16)11-15(17)19-10-8-13(4)6-2/h12-13H,5-11H2,1-4H3. The van der Waals surface area contributed by atoms with E-state index < -0.39 is 11.9 Å². The Balaban J connectivity index is 3.61. The maximum Gasteiger partial charge on any atom is 0.317 e. The summed E-state index contributed by atoms with van der Waals surface area (Å²) in [6, 6.07) is 0. The van der Waals surface area contributed by atoms with Crippen LogP contribution in [0.15, 0.2) is 0 Å². The molecule has 0 radical (unpaired) electrons. The Kier molecular flexibility index (Phi) is 10.2. The Morgan fingerprint density at radius 3 is 1.53 bits per heavy atom. The number of ether oxygens (including phenoxy) is 2. The molecule has 2 atom stereocenters. The fraction of sp³-hybridized carbons (Fsp3) is 0.867. The fourth-order valence-corrected chi connectivity index (χ4v) is 1.38. The molecule has 0 aliphatic heterocycles. The maximum absolute atomic E-state index is 11.4. The summed E-state index contributed by atoms with van der Waals surface area (Å²) in [7, 11) is 0. The van der Waals surface area contributed by atoms with Crippen LogP contribution in [0.3, 0.4) is 0 Å². The van der Waals surface area contributed by atoms with Gasteiger partial charge in [0.2, 0.25) is 0 Å². The molecular weight excluding hydrogens is 244 g/mol. The molecule has 0 fully saturated rings. The second-order valence-corrected chi connectivity index (χ2v) is 5.22. The van der Waals surface area contributed by atoms with Gasteiger partial charge in [0.05, 0.1) is 13.2 Å². The molecule has 0 N–H and O–H groups in total. The minimum absolute atomic E-state index is 0.277. The Labute approximate surface area is 116 Å². The van der Waals surface area contributed by atoms with Crippen molar-refractivity contribution in [1.29, 1.82) is 0 Å². The molecule has 0 aromatic heterocycles. The molecule has 2 unspecified atom stereocenters. The summed E-state index contributed by atoms with van der Waals surface area (Å²) in [6.45, 7) is 9.18. The van der Waals surface area contributed by atoms with Crippen molar-refractivity contribution in [3.8, 4) is 0 Å². The predicted molar refractivity (Wildman–Crippen MR) is 74.7 cm³/mol. The highest BCUT2D eigenvalue weighted by atomic mass is 16.6. The molecule has 0 aliphatic rings. The number of hydrogen-bond acceptors (Lipinski definition) is 4. The van der Waals surface area contributed by atoms with Crippen LogP contribution in [0.25, 0.3) is 0 Å². The molecule has 0 bridgehead atoms. The van der Waals surface area contributed by atoms with Gasteiger partial charge in [-0.25, -0.2) is 0 Å². The first-order valence-corrected chi connectivity index (χ1v) is 7.30. The van der Waals surface area contributed by atoms with Crippen LogP contribution in [0.1, 0.15) is 59.8 Å². The molecule has 0 aromatic carbocycles. The minimum Gasteiger partial charge on any atom is -0.465 e. The Hall–Kier alpha value is -1.06. The summed E-state index contributed by atoms with van der Waals surface area (Å²) in [6.07, 6.45) is 3.53. The third-order valence-electron chi connectivity index (χ3n) is 3.43. The van der Waals surface area contributed by atoms with Gasteiger partial charge in [0, 0.05) is 0 Å². The van der Waals surface area contributed by atoms with Crippen molar-refractivity contribution in [2.75, 3.05) is 13.2 Å². The van der Waals surface area contributed by atoms with Crippen molar-refractivity contribution in [3.05, 3.63) is 0 Å². The van der Waals surface area contributed by atoms with Gasteiger partial charge in [-0.1, -0.05) is 40.5 Å². The summed E-state index contributed by atoms with van der Waals surface area (Å²) >= 11 is 0. The van der Waals surface area contributed by atoms with Crippen molar-refractivity contribution in [3.63, 3.8) is 0 Å². The molecule has 0 rings (SSSR count). The van der Waals surface area contributed by atoms with Crippen LogP contribution in [0, 0.1) is 11.8 Å². The number of rotatable bonds is 10. The summed E-state index contributed by atoms with van der Waals surface area (Å²) in [4.78, 5) is 22.7. The molecule has 0 saturated carbocycles. The molecule has 0 spiro atoms. The lowest BCUT2D eigenvalue weighted by molar-refractivity contribution is -0.154. The van der Waals surface area contributed by atoms with E-state index in [1.54, 1.807) is 0 Å². The maximum atomic E-state index is 11.4. The molecule has 0 heterocycles. The van der Waals surface area contributed by atoms with Crippen LogP contribution in [0.4, 0.5) is 0 Å². The molecule has 0 amide bonds. The normalized spacial score (nSPS) is 13.7. The molecule has 19 heavy (non-hydrogen) atoms. The second kappa shape index (κ2) is 10.8. The smallest absolute Gasteiger partial charge is 0.317 e. The van der Waals surface area contributed by atoms with Crippen LogP contribution < -0.4 is 0 Å². The highest BCUT2D eigenvalue weighted by molar-refractivity contribution is 5.91.